The summed E-state index contributed by atoms with van der Waals surface area (Å²) in [7, 11) is 0. The van der Waals surface area contributed by atoms with Gasteiger partial charge < -0.3 is 5.32 Å². The third-order valence-corrected chi connectivity index (χ3v) is 4.32. The molecule has 0 bridgehead atoms. The van der Waals surface area contributed by atoms with E-state index in [0.717, 1.165) is 11.1 Å². The third-order valence-electron chi connectivity index (χ3n) is 4.32. The number of hydrogen-bond donors (Lipinski definition) is 1. The van der Waals surface area contributed by atoms with Crippen molar-refractivity contribution in [3.05, 3.63) is 102 Å². The standard InChI is InChI=1S/C18H24.C5H9N.C3H4.2C2H6/c1-5-11-16(12-6-2)15(4)18(7-3)17-13-9-8-10-14-17;1-3-5-4(2)6-5;1-3-2;2*1-2/h5-7,11-13H,1,4,8-10,14H2,2-3H3;6H,3H2,1-2H3;1-2H2;2*1-2H3/b12-6-,16-11+,18-7+;;;;. The Bertz CT molecular complexity index is 684. The van der Waals surface area contributed by atoms with Gasteiger partial charge in [0.2, 0.25) is 0 Å². The van der Waals surface area contributed by atoms with Crippen LogP contribution in [0.15, 0.2) is 102 Å². The van der Waals surface area contributed by atoms with Gasteiger partial charge in [-0.25, -0.2) is 0 Å². The fourth-order valence-corrected chi connectivity index (χ4v) is 2.90. The molecule has 1 heteroatoms. The maximum Gasteiger partial charge on any atom is 0.0339 e. The zero-order chi connectivity index (χ0) is 24.7. The average molecular weight is 424 g/mol. The summed E-state index contributed by atoms with van der Waals surface area (Å²) in [6.45, 7) is 30.7. The monoisotopic (exact) mass is 423 g/mol. The van der Waals surface area contributed by atoms with E-state index < -0.39 is 0 Å². The van der Waals surface area contributed by atoms with Crippen LogP contribution in [0.4, 0.5) is 0 Å². The maximum atomic E-state index is 4.26. The molecule has 0 amide bonds. The third kappa shape index (κ3) is 15.9. The van der Waals surface area contributed by atoms with Crippen molar-refractivity contribution in [2.45, 2.75) is 87.5 Å². The molecule has 1 N–H and O–H groups in total. The van der Waals surface area contributed by atoms with Gasteiger partial charge >= 0.3 is 0 Å². The summed E-state index contributed by atoms with van der Waals surface area (Å²) in [6.07, 6.45) is 18.7. The van der Waals surface area contributed by atoms with Crippen LogP contribution in [0.1, 0.15) is 87.5 Å². The molecule has 0 aromatic carbocycles. The molecule has 0 fully saturated rings. The van der Waals surface area contributed by atoms with Crippen molar-refractivity contribution in [2.24, 2.45) is 0 Å². The zero-order valence-electron chi connectivity index (χ0n) is 21.8. The second-order valence-electron chi connectivity index (χ2n) is 6.35. The molecular weight excluding hydrogens is 374 g/mol. The summed E-state index contributed by atoms with van der Waals surface area (Å²) in [4.78, 5) is 0. The van der Waals surface area contributed by atoms with E-state index in [0.29, 0.717) is 0 Å². The highest BCUT2D eigenvalue weighted by atomic mass is 15.0. The van der Waals surface area contributed by atoms with E-state index in [-0.39, 0.29) is 0 Å². The first-order valence-corrected chi connectivity index (χ1v) is 11.8. The van der Waals surface area contributed by atoms with E-state index in [1.54, 1.807) is 0 Å². The summed E-state index contributed by atoms with van der Waals surface area (Å²) in [5, 5.41) is 3.11. The van der Waals surface area contributed by atoms with Gasteiger partial charge in [-0.05, 0) is 75.2 Å². The first-order chi connectivity index (χ1) is 15.0. The normalized spacial score (nSPS) is 14.4. The van der Waals surface area contributed by atoms with Crippen molar-refractivity contribution < 1.29 is 0 Å². The molecule has 0 aromatic rings. The van der Waals surface area contributed by atoms with Gasteiger partial charge in [-0.1, -0.05) is 97.4 Å². The fraction of sp³-hybridized carbons (Fsp3) is 0.433. The van der Waals surface area contributed by atoms with Crippen molar-refractivity contribution in [2.75, 3.05) is 0 Å². The molecular formula is C30H49N. The fourth-order valence-electron chi connectivity index (χ4n) is 2.90. The van der Waals surface area contributed by atoms with Gasteiger partial charge in [0.1, 0.15) is 0 Å². The van der Waals surface area contributed by atoms with E-state index in [9.17, 15) is 0 Å². The van der Waals surface area contributed by atoms with E-state index in [2.05, 4.69) is 76.4 Å². The number of hydrogen-bond acceptors (Lipinski definition) is 1. The Kier molecular flexibility index (Phi) is 25.4. The first-order valence-electron chi connectivity index (χ1n) is 11.8. The molecule has 31 heavy (non-hydrogen) atoms. The Morgan fingerprint density at radius 2 is 1.68 bits per heavy atom. The first kappa shape index (κ1) is 33.1. The summed E-state index contributed by atoms with van der Waals surface area (Å²) in [5.41, 5.74) is 10.0. The molecule has 1 nitrogen and oxygen atoms in total. The van der Waals surface area contributed by atoms with Crippen LogP contribution in [0, 0.1) is 0 Å². The van der Waals surface area contributed by atoms with Crippen LogP contribution in [0.25, 0.3) is 0 Å². The summed E-state index contributed by atoms with van der Waals surface area (Å²) in [5.74, 6) is 0. The highest BCUT2D eigenvalue weighted by Gasteiger charge is 2.12. The van der Waals surface area contributed by atoms with Gasteiger partial charge in [0, 0.05) is 11.4 Å². The smallest absolute Gasteiger partial charge is 0.0339 e. The van der Waals surface area contributed by atoms with Crippen LogP contribution in [-0.2, 0) is 0 Å². The number of rotatable bonds is 6. The molecule has 1 aliphatic heterocycles. The number of nitrogens with one attached hydrogen (secondary N) is 1. The Morgan fingerprint density at radius 1 is 1.13 bits per heavy atom. The molecule has 0 atom stereocenters. The molecule has 2 aliphatic rings. The molecule has 0 aromatic heterocycles. The Labute approximate surface area is 195 Å². The molecule has 0 saturated carbocycles. The Hall–Kier alpha value is -2.50. The van der Waals surface area contributed by atoms with E-state index in [1.807, 2.05) is 52.8 Å². The minimum atomic E-state index is 1.10. The lowest BCUT2D eigenvalue weighted by Gasteiger charge is -2.18. The lowest BCUT2D eigenvalue weighted by Crippen LogP contribution is -1.99. The van der Waals surface area contributed by atoms with Crippen molar-refractivity contribution in [3.8, 4) is 0 Å². The van der Waals surface area contributed by atoms with Crippen LogP contribution in [0.5, 0.6) is 0 Å². The maximum absolute atomic E-state index is 4.26. The van der Waals surface area contributed by atoms with Crippen LogP contribution in [-0.4, -0.2) is 0 Å². The van der Waals surface area contributed by atoms with Crippen LogP contribution in [0.2, 0.25) is 0 Å². The molecule has 0 saturated heterocycles. The van der Waals surface area contributed by atoms with Gasteiger partial charge in [0.15, 0.2) is 0 Å². The van der Waals surface area contributed by atoms with Crippen molar-refractivity contribution in [1.82, 2.24) is 5.32 Å². The van der Waals surface area contributed by atoms with Gasteiger partial charge in [-0.15, -0.1) is 5.73 Å². The predicted octanol–water partition coefficient (Wildman–Crippen LogP) is 9.92. The summed E-state index contributed by atoms with van der Waals surface area (Å²) < 4.78 is 0. The van der Waals surface area contributed by atoms with Gasteiger partial charge in [0.25, 0.3) is 0 Å². The molecule has 0 spiro atoms. The topological polar surface area (TPSA) is 21.9 Å². The zero-order valence-corrected chi connectivity index (χ0v) is 21.8. The van der Waals surface area contributed by atoms with E-state index in [4.69, 9.17) is 0 Å². The Morgan fingerprint density at radius 3 is 1.97 bits per heavy atom. The number of allylic oxidation sites excluding steroid dienone is 12. The lowest BCUT2D eigenvalue weighted by molar-refractivity contribution is 0.707. The van der Waals surface area contributed by atoms with Gasteiger partial charge in [-0.3, -0.25) is 0 Å². The van der Waals surface area contributed by atoms with Crippen molar-refractivity contribution >= 4 is 0 Å². The van der Waals surface area contributed by atoms with Crippen molar-refractivity contribution in [1.29, 1.82) is 0 Å². The second kappa shape index (κ2) is 23.8. The highest BCUT2D eigenvalue weighted by molar-refractivity contribution is 5.58. The SMILES string of the molecule is C=C/C=C(\C=C/C)C(=C)/C(=C\C)C1=CCCCC1.C=C=C.CC.CC.CCC1=C(C)N1. The van der Waals surface area contributed by atoms with E-state index in [1.165, 1.54) is 54.6 Å². The molecule has 174 valence electrons. The molecule has 1 aliphatic carbocycles. The summed E-state index contributed by atoms with van der Waals surface area (Å²) in [6, 6.07) is 0. The van der Waals surface area contributed by atoms with E-state index >= 15 is 0 Å². The minimum absolute atomic E-state index is 1.10. The minimum Gasteiger partial charge on any atom is -0.360 e. The van der Waals surface area contributed by atoms with Crippen LogP contribution < -0.4 is 5.32 Å². The predicted molar refractivity (Wildman–Crippen MR) is 146 cm³/mol. The van der Waals surface area contributed by atoms with Gasteiger partial charge in [0.05, 0.1) is 0 Å². The highest BCUT2D eigenvalue weighted by Crippen LogP contribution is 2.31. The quantitative estimate of drug-likeness (QED) is 0.333. The molecule has 0 unspecified atom stereocenters. The molecule has 0 radical (unpaired) electrons. The summed E-state index contributed by atoms with van der Waals surface area (Å²) >= 11 is 0. The van der Waals surface area contributed by atoms with Crippen LogP contribution in [0.3, 0.4) is 0 Å². The lowest BCUT2D eigenvalue weighted by atomic mass is 9.86. The average Bonchev–Trinajstić information content (AvgIpc) is 3.54. The molecule has 2 rings (SSSR count). The van der Waals surface area contributed by atoms with Crippen LogP contribution >= 0.6 is 0 Å². The Balaban J connectivity index is -0.000000494. The largest absolute Gasteiger partial charge is 0.360 e. The second-order valence-corrected chi connectivity index (χ2v) is 6.35. The van der Waals surface area contributed by atoms with Crippen molar-refractivity contribution in [3.63, 3.8) is 0 Å². The molecule has 1 heterocycles. The van der Waals surface area contributed by atoms with Gasteiger partial charge in [-0.2, -0.15) is 0 Å².